The van der Waals surface area contributed by atoms with Gasteiger partial charge in [-0.05, 0) is 77.4 Å². The van der Waals surface area contributed by atoms with Crippen LogP contribution in [0.5, 0.6) is 0 Å². The molecule has 0 spiro atoms. The van der Waals surface area contributed by atoms with E-state index in [1.807, 2.05) is 66.9 Å². The summed E-state index contributed by atoms with van der Waals surface area (Å²) in [6.07, 6.45) is 9.69. The Balaban J connectivity index is 1.21. The van der Waals surface area contributed by atoms with Crippen molar-refractivity contribution in [3.8, 4) is 45.6 Å². The van der Waals surface area contributed by atoms with E-state index in [2.05, 4.69) is 75.5 Å². The molecule has 0 radical (unpaired) electrons. The first-order valence-corrected chi connectivity index (χ1v) is 14.2. The molecule has 3 aromatic heterocycles. The molecule has 0 aliphatic carbocycles. The van der Waals surface area contributed by atoms with Crippen LogP contribution in [0.15, 0.2) is 139 Å². The zero-order valence-corrected chi connectivity index (χ0v) is 23.1. The normalized spacial score (nSPS) is 16.6. The standard InChI is InChI=1S/C36H25N7/c1-2-12-27(13-3-1)43-32-18-17-25(23-29(32)28-14-9-21-39-36(28)43)24-10-8-11-26(22-24)33-40-34(30-15-4-6-19-37-30)42-35(41-33)31-16-5-7-20-38-31/h1-23,28,36H. The molecule has 0 N–H and O–H groups in total. The number of hydrogen-bond acceptors (Lipinski definition) is 7. The third-order valence-corrected chi connectivity index (χ3v) is 7.79. The molecule has 2 aliphatic rings. The number of pyridine rings is 2. The molecule has 2 atom stereocenters. The minimum atomic E-state index is 0.00392. The molecule has 7 heteroatoms. The lowest BCUT2D eigenvalue weighted by Gasteiger charge is -2.27. The van der Waals surface area contributed by atoms with Crippen LogP contribution in [0.3, 0.4) is 0 Å². The Kier molecular flexibility index (Phi) is 6.11. The van der Waals surface area contributed by atoms with Gasteiger partial charge in [0.05, 0.1) is 0 Å². The van der Waals surface area contributed by atoms with Gasteiger partial charge in [0.15, 0.2) is 17.5 Å². The number of rotatable bonds is 5. The molecule has 0 amide bonds. The highest BCUT2D eigenvalue weighted by molar-refractivity contribution is 5.82. The maximum Gasteiger partial charge on any atom is 0.182 e. The highest BCUT2D eigenvalue weighted by atomic mass is 15.3. The van der Waals surface area contributed by atoms with Crippen molar-refractivity contribution in [1.82, 2.24) is 24.9 Å². The first kappa shape index (κ1) is 24.9. The Morgan fingerprint density at radius 1 is 0.558 bits per heavy atom. The predicted octanol–water partition coefficient (Wildman–Crippen LogP) is 7.53. The van der Waals surface area contributed by atoms with Crippen LogP contribution in [0.4, 0.5) is 11.4 Å². The average Bonchev–Trinajstić information content (AvgIpc) is 3.43. The third-order valence-electron chi connectivity index (χ3n) is 7.79. The van der Waals surface area contributed by atoms with Crippen LogP contribution in [0.2, 0.25) is 0 Å². The van der Waals surface area contributed by atoms with E-state index < -0.39 is 0 Å². The molecular formula is C36H25N7. The predicted molar refractivity (Wildman–Crippen MR) is 170 cm³/mol. The van der Waals surface area contributed by atoms with E-state index in [1.54, 1.807) is 12.4 Å². The van der Waals surface area contributed by atoms with Crippen LogP contribution in [-0.4, -0.2) is 37.3 Å². The summed E-state index contributed by atoms with van der Waals surface area (Å²) in [4.78, 5) is 30.6. The molecule has 7 nitrogen and oxygen atoms in total. The van der Waals surface area contributed by atoms with E-state index in [0.717, 1.165) is 22.4 Å². The highest BCUT2D eigenvalue weighted by Gasteiger charge is 2.38. The van der Waals surface area contributed by atoms with Gasteiger partial charge in [0.25, 0.3) is 0 Å². The van der Waals surface area contributed by atoms with Gasteiger partial charge in [0.1, 0.15) is 17.6 Å². The number of benzene rings is 3. The van der Waals surface area contributed by atoms with Gasteiger partial charge in [-0.25, -0.2) is 15.0 Å². The zero-order valence-electron chi connectivity index (χ0n) is 23.1. The number of fused-ring (bicyclic) bond motifs is 3. The van der Waals surface area contributed by atoms with Gasteiger partial charge in [-0.3, -0.25) is 15.0 Å². The maximum atomic E-state index is 4.87. The summed E-state index contributed by atoms with van der Waals surface area (Å²) in [6, 6.07) is 36.9. The third kappa shape index (κ3) is 4.57. The molecule has 0 saturated carbocycles. The molecule has 2 aliphatic heterocycles. The smallest absolute Gasteiger partial charge is 0.182 e. The van der Waals surface area contributed by atoms with E-state index in [0.29, 0.717) is 28.9 Å². The van der Waals surface area contributed by atoms with Crippen LogP contribution in [0, 0.1) is 0 Å². The van der Waals surface area contributed by atoms with Gasteiger partial charge in [0, 0.05) is 41.5 Å². The lowest BCUT2D eigenvalue weighted by Crippen LogP contribution is -2.28. The lowest BCUT2D eigenvalue weighted by atomic mass is 9.93. The number of nitrogens with zero attached hydrogens (tertiary/aromatic N) is 7. The maximum absolute atomic E-state index is 4.87. The van der Waals surface area contributed by atoms with Crippen molar-refractivity contribution in [2.75, 3.05) is 4.90 Å². The molecule has 8 rings (SSSR count). The van der Waals surface area contributed by atoms with Crippen molar-refractivity contribution in [1.29, 1.82) is 0 Å². The number of aliphatic imine (C=N–C) groups is 1. The van der Waals surface area contributed by atoms with Crippen molar-refractivity contribution >= 4 is 17.6 Å². The van der Waals surface area contributed by atoms with Gasteiger partial charge < -0.3 is 4.90 Å². The van der Waals surface area contributed by atoms with Crippen LogP contribution in [0.25, 0.3) is 45.6 Å². The number of allylic oxidation sites excluding steroid dienone is 1. The number of dihydropyridines is 1. The number of aromatic nitrogens is 5. The Morgan fingerprint density at radius 3 is 1.95 bits per heavy atom. The van der Waals surface area contributed by atoms with E-state index >= 15 is 0 Å². The molecule has 0 bridgehead atoms. The average molecular weight is 556 g/mol. The fraction of sp³-hybridized carbons (Fsp3) is 0.0556. The molecule has 0 fully saturated rings. The summed E-state index contributed by atoms with van der Waals surface area (Å²) in [5, 5.41) is 0. The largest absolute Gasteiger partial charge is 0.318 e. The fourth-order valence-corrected chi connectivity index (χ4v) is 5.80. The summed E-state index contributed by atoms with van der Waals surface area (Å²) >= 11 is 0. The van der Waals surface area contributed by atoms with Gasteiger partial charge in [0.2, 0.25) is 0 Å². The van der Waals surface area contributed by atoms with Crippen LogP contribution in [-0.2, 0) is 0 Å². The van der Waals surface area contributed by atoms with Crippen LogP contribution < -0.4 is 4.90 Å². The van der Waals surface area contributed by atoms with Crippen molar-refractivity contribution in [3.05, 3.63) is 139 Å². The lowest BCUT2D eigenvalue weighted by molar-refractivity contribution is 0.659. The van der Waals surface area contributed by atoms with Gasteiger partial charge in [-0.1, -0.05) is 60.7 Å². The monoisotopic (exact) mass is 555 g/mol. The molecule has 204 valence electrons. The highest BCUT2D eigenvalue weighted by Crippen LogP contribution is 2.48. The second-order valence-electron chi connectivity index (χ2n) is 10.4. The SMILES string of the molecule is C1=CC2c3cc(-c4cccc(-c5nc(-c6ccccn6)nc(-c6ccccn6)n5)c4)ccc3N(c3ccccc3)C2N=C1. The summed E-state index contributed by atoms with van der Waals surface area (Å²) in [7, 11) is 0. The summed E-state index contributed by atoms with van der Waals surface area (Å²) in [5.74, 6) is 1.75. The van der Waals surface area contributed by atoms with Crippen molar-refractivity contribution in [2.45, 2.75) is 12.1 Å². The van der Waals surface area contributed by atoms with E-state index in [1.165, 1.54) is 11.3 Å². The molecule has 6 aromatic rings. The Morgan fingerprint density at radius 2 is 1.23 bits per heavy atom. The van der Waals surface area contributed by atoms with Gasteiger partial charge in [-0.2, -0.15) is 0 Å². The molecule has 5 heterocycles. The van der Waals surface area contributed by atoms with Crippen molar-refractivity contribution < 1.29 is 0 Å². The second kappa shape index (κ2) is 10.5. The number of para-hydroxylation sites is 1. The quantitative estimate of drug-likeness (QED) is 0.219. The topological polar surface area (TPSA) is 80.0 Å². The molecule has 0 saturated heterocycles. The number of hydrogen-bond donors (Lipinski definition) is 0. The van der Waals surface area contributed by atoms with Crippen LogP contribution in [0.1, 0.15) is 11.5 Å². The molecule has 3 aromatic carbocycles. The molecular weight excluding hydrogens is 530 g/mol. The second-order valence-corrected chi connectivity index (χ2v) is 10.4. The van der Waals surface area contributed by atoms with Crippen LogP contribution >= 0.6 is 0 Å². The molecule has 2 unspecified atom stereocenters. The minimum Gasteiger partial charge on any atom is -0.318 e. The summed E-state index contributed by atoms with van der Waals surface area (Å²) < 4.78 is 0. The fourth-order valence-electron chi connectivity index (χ4n) is 5.80. The van der Waals surface area contributed by atoms with E-state index in [9.17, 15) is 0 Å². The summed E-state index contributed by atoms with van der Waals surface area (Å²) in [6.45, 7) is 0. The first-order chi connectivity index (χ1) is 21.3. The Hall–Kier alpha value is -5.82. The van der Waals surface area contributed by atoms with E-state index in [4.69, 9.17) is 19.9 Å². The molecule has 43 heavy (non-hydrogen) atoms. The van der Waals surface area contributed by atoms with Crippen molar-refractivity contribution in [2.24, 2.45) is 4.99 Å². The van der Waals surface area contributed by atoms with Gasteiger partial charge >= 0.3 is 0 Å². The summed E-state index contributed by atoms with van der Waals surface area (Å²) in [5.41, 5.74) is 8.04. The van der Waals surface area contributed by atoms with E-state index in [-0.39, 0.29) is 12.1 Å². The van der Waals surface area contributed by atoms with Crippen molar-refractivity contribution in [3.63, 3.8) is 0 Å². The Bertz CT molecular complexity index is 1930. The van der Waals surface area contributed by atoms with Gasteiger partial charge in [-0.15, -0.1) is 0 Å². The number of anilines is 2. The zero-order chi connectivity index (χ0) is 28.6. The Labute approximate surface area is 249 Å². The first-order valence-electron chi connectivity index (χ1n) is 14.2. The minimum absolute atomic E-state index is 0.00392.